The van der Waals surface area contributed by atoms with Crippen LogP contribution < -0.4 is 15.6 Å². The molecular formula is C18H16Cl2N3O3S+. The summed E-state index contributed by atoms with van der Waals surface area (Å²) in [6.07, 6.45) is 0. The lowest BCUT2D eigenvalue weighted by Gasteiger charge is -2.11. The van der Waals surface area contributed by atoms with E-state index < -0.39 is 10.9 Å². The van der Waals surface area contributed by atoms with Crippen molar-refractivity contribution in [2.75, 3.05) is 5.32 Å². The minimum Gasteiger partial charge on any atom is -0.324 e. The summed E-state index contributed by atoms with van der Waals surface area (Å²) in [7, 11) is 0. The number of rotatable bonds is 5. The minimum atomic E-state index is -0.588. The van der Waals surface area contributed by atoms with E-state index in [2.05, 4.69) is 10.6 Å². The number of nitrogens with one attached hydrogen (secondary N) is 2. The summed E-state index contributed by atoms with van der Waals surface area (Å²) in [5, 5.41) is 5.56. The van der Waals surface area contributed by atoms with Crippen LogP contribution in [0, 0.1) is 6.92 Å². The monoisotopic (exact) mass is 424 g/mol. The summed E-state index contributed by atoms with van der Waals surface area (Å²) in [4.78, 5) is 24.6. The summed E-state index contributed by atoms with van der Waals surface area (Å²) in [5.41, 5.74) is 1.67. The zero-order valence-electron chi connectivity index (χ0n) is 14.5. The Morgan fingerprint density at radius 2 is 1.93 bits per heavy atom. The van der Waals surface area contributed by atoms with Crippen LogP contribution >= 0.6 is 35.0 Å². The Morgan fingerprint density at radius 3 is 2.63 bits per heavy atom. The Hall–Kier alpha value is -2.22. The van der Waals surface area contributed by atoms with Gasteiger partial charge in [-0.1, -0.05) is 47.0 Å². The molecule has 0 aliphatic heterocycles. The second-order valence-electron chi connectivity index (χ2n) is 5.81. The molecule has 1 heterocycles. The first-order valence-electron chi connectivity index (χ1n) is 7.99. The number of carbonyl (C=O) groups is 1. The van der Waals surface area contributed by atoms with Gasteiger partial charge in [0.1, 0.15) is 0 Å². The van der Waals surface area contributed by atoms with Crippen LogP contribution in [0.25, 0.3) is 5.69 Å². The predicted molar refractivity (Wildman–Crippen MR) is 106 cm³/mol. The predicted octanol–water partition coefficient (Wildman–Crippen LogP) is 3.98. The number of nitrogens with zero attached hydrogens (tertiary/aromatic N) is 1. The highest BCUT2D eigenvalue weighted by molar-refractivity contribution is 8.00. The molecule has 0 saturated heterocycles. The lowest BCUT2D eigenvalue weighted by atomic mass is 10.2. The molecule has 1 unspecified atom stereocenters. The summed E-state index contributed by atoms with van der Waals surface area (Å²) >= 11 is 13.1. The zero-order valence-corrected chi connectivity index (χ0v) is 16.8. The van der Waals surface area contributed by atoms with E-state index in [1.54, 1.807) is 25.1 Å². The van der Waals surface area contributed by atoms with Crippen LogP contribution in [0.3, 0.4) is 0 Å². The summed E-state index contributed by atoms with van der Waals surface area (Å²) in [5.74, 6) is -0.319. The van der Waals surface area contributed by atoms with Crippen molar-refractivity contribution in [3.05, 3.63) is 68.5 Å². The third-order valence-corrected chi connectivity index (χ3v) is 5.73. The van der Waals surface area contributed by atoms with E-state index >= 15 is 0 Å². The molecule has 0 aliphatic rings. The van der Waals surface area contributed by atoms with Crippen molar-refractivity contribution in [2.24, 2.45) is 0 Å². The molecule has 0 aliphatic carbocycles. The number of amides is 1. The van der Waals surface area contributed by atoms with Crippen molar-refractivity contribution in [1.29, 1.82) is 0 Å². The number of aromatic amines is 1. The van der Waals surface area contributed by atoms with Crippen molar-refractivity contribution in [1.82, 2.24) is 5.27 Å². The van der Waals surface area contributed by atoms with Gasteiger partial charge in [0.25, 0.3) is 0 Å². The molecule has 0 fully saturated rings. The van der Waals surface area contributed by atoms with Gasteiger partial charge in [-0.25, -0.2) is 4.79 Å². The smallest absolute Gasteiger partial charge is 0.324 e. The van der Waals surface area contributed by atoms with Crippen LogP contribution in [0.15, 0.2) is 56.8 Å². The molecule has 2 aromatic carbocycles. The first-order valence-corrected chi connectivity index (χ1v) is 9.62. The SMILES string of the molecule is Cc1ccc(-[n+]2[nH]oc(=O)c2SC(C)C(=O)Nc2cccc(Cl)c2Cl)cc1. The second kappa shape index (κ2) is 8.21. The van der Waals surface area contributed by atoms with Crippen LogP contribution in [0.4, 0.5) is 5.69 Å². The van der Waals surface area contributed by atoms with Crippen LogP contribution in [-0.2, 0) is 4.79 Å². The molecule has 1 amide bonds. The fraction of sp³-hybridized carbons (Fsp3) is 0.167. The van der Waals surface area contributed by atoms with Crippen LogP contribution in [-0.4, -0.2) is 16.4 Å². The standard InChI is InChI=1S/C18H15Cl2N3O3S/c1-10-6-8-12(9-7-10)23-17(18(25)26-22-23)27-11(2)16(24)21-14-5-3-4-13(19)15(14)20/h3-9,11H,1-2H3,(H-,21,22,24,25)/p+1. The van der Waals surface area contributed by atoms with Crippen LogP contribution in [0.2, 0.25) is 10.0 Å². The Kier molecular flexibility index (Phi) is 5.94. The van der Waals surface area contributed by atoms with Crippen molar-refractivity contribution in [2.45, 2.75) is 24.1 Å². The number of carbonyl (C=O) groups excluding carboxylic acids is 1. The fourth-order valence-electron chi connectivity index (χ4n) is 2.28. The number of aryl methyl sites for hydroxylation is 1. The fourth-order valence-corrected chi connectivity index (χ4v) is 3.52. The quantitative estimate of drug-likeness (QED) is 0.479. The van der Waals surface area contributed by atoms with Gasteiger partial charge < -0.3 is 5.32 Å². The maximum Gasteiger partial charge on any atom is 0.442 e. The van der Waals surface area contributed by atoms with E-state index in [0.29, 0.717) is 10.7 Å². The Bertz CT molecular complexity index is 1030. The molecule has 0 spiro atoms. The number of aromatic nitrogens is 2. The second-order valence-corrected chi connectivity index (χ2v) is 7.92. The highest BCUT2D eigenvalue weighted by Gasteiger charge is 2.29. The molecule has 0 radical (unpaired) electrons. The molecule has 1 aromatic heterocycles. The van der Waals surface area contributed by atoms with Gasteiger partial charge in [0.15, 0.2) is 0 Å². The average Bonchev–Trinajstić information content (AvgIpc) is 3.00. The molecule has 27 heavy (non-hydrogen) atoms. The van der Waals surface area contributed by atoms with E-state index in [-0.39, 0.29) is 16.0 Å². The number of hydrogen-bond donors (Lipinski definition) is 2. The summed E-state index contributed by atoms with van der Waals surface area (Å²) < 4.78 is 6.41. The number of hydrogen-bond acceptors (Lipinski definition) is 4. The molecule has 0 saturated carbocycles. The Balaban J connectivity index is 1.80. The van der Waals surface area contributed by atoms with E-state index in [0.717, 1.165) is 23.0 Å². The lowest BCUT2D eigenvalue weighted by Crippen LogP contribution is -2.37. The molecule has 1 atom stereocenters. The van der Waals surface area contributed by atoms with Gasteiger partial charge in [-0.2, -0.15) is 0 Å². The first-order chi connectivity index (χ1) is 12.9. The third-order valence-electron chi connectivity index (χ3n) is 3.77. The summed E-state index contributed by atoms with van der Waals surface area (Å²) in [6.45, 7) is 3.65. The van der Waals surface area contributed by atoms with Crippen molar-refractivity contribution < 1.29 is 14.0 Å². The maximum absolute atomic E-state index is 12.5. The Morgan fingerprint density at radius 1 is 1.22 bits per heavy atom. The number of benzene rings is 2. The normalized spacial score (nSPS) is 12.0. The highest BCUT2D eigenvalue weighted by atomic mass is 35.5. The largest absolute Gasteiger partial charge is 0.442 e. The van der Waals surface area contributed by atoms with Crippen molar-refractivity contribution in [3.63, 3.8) is 0 Å². The highest BCUT2D eigenvalue weighted by Crippen LogP contribution is 2.30. The van der Waals surface area contributed by atoms with Gasteiger partial charge in [0.05, 0.1) is 21.0 Å². The van der Waals surface area contributed by atoms with E-state index in [1.807, 2.05) is 31.2 Å². The van der Waals surface area contributed by atoms with Crippen molar-refractivity contribution in [3.8, 4) is 5.69 Å². The molecule has 0 bridgehead atoms. The molecule has 3 aromatic rings. The number of halogens is 2. The van der Waals surface area contributed by atoms with Gasteiger partial charge in [-0.05, 0) is 47.7 Å². The minimum absolute atomic E-state index is 0.263. The number of thioether (sulfide) groups is 1. The van der Waals surface area contributed by atoms with Gasteiger partial charge in [0, 0.05) is 12.1 Å². The lowest BCUT2D eigenvalue weighted by molar-refractivity contribution is -0.704. The van der Waals surface area contributed by atoms with Gasteiger partial charge >= 0.3 is 10.7 Å². The van der Waals surface area contributed by atoms with E-state index in [9.17, 15) is 9.59 Å². The number of anilines is 1. The van der Waals surface area contributed by atoms with Crippen LogP contribution in [0.5, 0.6) is 0 Å². The van der Waals surface area contributed by atoms with E-state index in [1.165, 1.54) is 4.68 Å². The van der Waals surface area contributed by atoms with Gasteiger partial charge in [-0.3, -0.25) is 9.32 Å². The first kappa shape index (κ1) is 19.5. The van der Waals surface area contributed by atoms with E-state index in [4.69, 9.17) is 27.7 Å². The van der Waals surface area contributed by atoms with Gasteiger partial charge in [0.2, 0.25) is 11.6 Å². The van der Waals surface area contributed by atoms with Crippen LogP contribution in [0.1, 0.15) is 12.5 Å². The zero-order chi connectivity index (χ0) is 19.6. The third kappa shape index (κ3) is 4.37. The molecule has 140 valence electrons. The average molecular weight is 425 g/mol. The molecule has 9 heteroatoms. The van der Waals surface area contributed by atoms with Crippen molar-refractivity contribution >= 4 is 46.6 Å². The molecule has 6 nitrogen and oxygen atoms in total. The Labute approximate surface area is 169 Å². The topological polar surface area (TPSA) is 79.0 Å². The summed E-state index contributed by atoms with van der Waals surface area (Å²) in [6, 6.07) is 12.5. The maximum atomic E-state index is 12.5. The number of H-pyrrole nitrogens is 1. The molecular weight excluding hydrogens is 409 g/mol. The molecule has 3 rings (SSSR count). The molecule has 2 N–H and O–H groups in total. The van der Waals surface area contributed by atoms with Gasteiger partial charge in [-0.15, -0.1) is 0 Å².